The summed E-state index contributed by atoms with van der Waals surface area (Å²) in [6, 6.07) is 18.3. The van der Waals surface area contributed by atoms with Crippen molar-refractivity contribution >= 4 is 16.8 Å². The van der Waals surface area contributed by atoms with E-state index in [0.717, 1.165) is 18.5 Å². The Kier molecular flexibility index (Phi) is 4.76. The van der Waals surface area contributed by atoms with E-state index in [-0.39, 0.29) is 5.91 Å². The third kappa shape index (κ3) is 3.51. The summed E-state index contributed by atoms with van der Waals surface area (Å²) in [5, 5.41) is 1.26. The number of nitrogens with zero attached hydrogens (tertiary/aromatic N) is 2. The van der Waals surface area contributed by atoms with E-state index in [9.17, 15) is 4.79 Å². The second-order valence-electron chi connectivity index (χ2n) is 7.08. The molecule has 0 saturated carbocycles. The van der Waals surface area contributed by atoms with Crippen molar-refractivity contribution in [2.45, 2.75) is 6.42 Å². The number of aryl methyl sites for hydroxylation is 1. The molecule has 0 spiro atoms. The minimum atomic E-state index is 0.0969. The number of hydrogen-bond donors (Lipinski definition) is 0. The van der Waals surface area contributed by atoms with Crippen molar-refractivity contribution in [3.63, 3.8) is 0 Å². The normalized spacial score (nSPS) is 18.0. The van der Waals surface area contributed by atoms with Crippen LogP contribution < -0.4 is 0 Å². The number of ether oxygens (including phenoxy) is 1. The Morgan fingerprint density at radius 1 is 1.15 bits per heavy atom. The van der Waals surface area contributed by atoms with E-state index < -0.39 is 0 Å². The molecule has 1 saturated heterocycles. The molecule has 2 aromatic carbocycles. The Balaban J connectivity index is 1.49. The zero-order valence-corrected chi connectivity index (χ0v) is 15.1. The molecule has 1 amide bonds. The number of carbonyl (C=O) groups excluding carboxylic acids is 1. The summed E-state index contributed by atoms with van der Waals surface area (Å²) >= 11 is 0. The van der Waals surface area contributed by atoms with Crippen LogP contribution in [-0.2, 0) is 18.2 Å². The predicted octanol–water partition coefficient (Wildman–Crippen LogP) is 3.51. The molecule has 0 radical (unpaired) electrons. The van der Waals surface area contributed by atoms with Gasteiger partial charge in [0.25, 0.3) is 5.91 Å². The molecule has 1 aromatic heterocycles. The van der Waals surface area contributed by atoms with Gasteiger partial charge in [-0.3, -0.25) is 4.79 Å². The van der Waals surface area contributed by atoms with Gasteiger partial charge in [-0.2, -0.15) is 0 Å². The van der Waals surface area contributed by atoms with Crippen LogP contribution in [0.4, 0.5) is 0 Å². The van der Waals surface area contributed by atoms with Crippen molar-refractivity contribution in [3.8, 4) is 0 Å². The van der Waals surface area contributed by atoms with Crippen LogP contribution in [0.25, 0.3) is 10.9 Å². The van der Waals surface area contributed by atoms with E-state index in [1.165, 1.54) is 16.5 Å². The van der Waals surface area contributed by atoms with Crippen molar-refractivity contribution in [1.82, 2.24) is 9.47 Å². The van der Waals surface area contributed by atoms with Crippen molar-refractivity contribution in [1.29, 1.82) is 0 Å². The van der Waals surface area contributed by atoms with E-state index in [1.807, 2.05) is 35.2 Å². The van der Waals surface area contributed by atoms with Crippen LogP contribution in [0, 0.1) is 5.92 Å². The molecule has 1 aliphatic rings. The lowest BCUT2D eigenvalue weighted by atomic mass is 9.98. The zero-order chi connectivity index (χ0) is 17.9. The minimum Gasteiger partial charge on any atom is -0.379 e. The first kappa shape index (κ1) is 16.9. The van der Waals surface area contributed by atoms with E-state index in [4.69, 9.17) is 4.74 Å². The SMILES string of the molecule is Cn1ccc2cc(C[C@H]3COCCN(C(=O)c4ccccc4)C3)ccc21. The average molecular weight is 348 g/mol. The summed E-state index contributed by atoms with van der Waals surface area (Å²) < 4.78 is 7.92. The molecule has 0 N–H and O–H groups in total. The highest BCUT2D eigenvalue weighted by Gasteiger charge is 2.23. The lowest BCUT2D eigenvalue weighted by Crippen LogP contribution is -2.36. The van der Waals surface area contributed by atoms with Gasteiger partial charge in [0.2, 0.25) is 0 Å². The first-order valence-electron chi connectivity index (χ1n) is 9.17. The first-order valence-corrected chi connectivity index (χ1v) is 9.17. The second kappa shape index (κ2) is 7.34. The number of hydrogen-bond acceptors (Lipinski definition) is 2. The van der Waals surface area contributed by atoms with Gasteiger partial charge in [-0.25, -0.2) is 0 Å². The molecule has 1 atom stereocenters. The quantitative estimate of drug-likeness (QED) is 0.726. The van der Waals surface area contributed by atoms with Crippen LogP contribution in [0.3, 0.4) is 0 Å². The van der Waals surface area contributed by atoms with E-state index in [2.05, 4.69) is 42.1 Å². The van der Waals surface area contributed by atoms with Crippen LogP contribution in [0.5, 0.6) is 0 Å². The zero-order valence-electron chi connectivity index (χ0n) is 15.1. The largest absolute Gasteiger partial charge is 0.379 e. The number of benzene rings is 2. The highest BCUT2D eigenvalue weighted by molar-refractivity contribution is 5.94. The molecule has 0 unspecified atom stereocenters. The highest BCUT2D eigenvalue weighted by atomic mass is 16.5. The van der Waals surface area contributed by atoms with Crippen LogP contribution >= 0.6 is 0 Å². The van der Waals surface area contributed by atoms with Crippen molar-refractivity contribution in [2.75, 3.05) is 26.3 Å². The number of fused-ring (bicyclic) bond motifs is 1. The summed E-state index contributed by atoms with van der Waals surface area (Å²) in [7, 11) is 2.06. The molecule has 26 heavy (non-hydrogen) atoms. The molecule has 4 nitrogen and oxygen atoms in total. The smallest absolute Gasteiger partial charge is 0.253 e. The molecule has 4 heteroatoms. The van der Waals surface area contributed by atoms with Gasteiger partial charge in [0, 0.05) is 43.3 Å². The molecule has 3 aromatic rings. The van der Waals surface area contributed by atoms with E-state index in [1.54, 1.807) is 0 Å². The Bertz CT molecular complexity index is 901. The van der Waals surface area contributed by atoms with E-state index >= 15 is 0 Å². The van der Waals surface area contributed by atoms with Crippen LogP contribution in [0.2, 0.25) is 0 Å². The van der Waals surface area contributed by atoms with Gasteiger partial charge in [-0.15, -0.1) is 0 Å². The van der Waals surface area contributed by atoms with Gasteiger partial charge >= 0.3 is 0 Å². The first-order chi connectivity index (χ1) is 12.7. The minimum absolute atomic E-state index is 0.0969. The van der Waals surface area contributed by atoms with Crippen LogP contribution in [-0.4, -0.2) is 41.7 Å². The number of carbonyl (C=O) groups is 1. The monoisotopic (exact) mass is 348 g/mol. The van der Waals surface area contributed by atoms with Gasteiger partial charge in [-0.1, -0.05) is 24.3 Å². The maximum absolute atomic E-state index is 12.8. The molecule has 4 rings (SSSR count). The molecule has 134 valence electrons. The highest BCUT2D eigenvalue weighted by Crippen LogP contribution is 2.21. The molecular weight excluding hydrogens is 324 g/mol. The lowest BCUT2D eigenvalue weighted by molar-refractivity contribution is 0.0737. The Morgan fingerprint density at radius 3 is 2.85 bits per heavy atom. The Hall–Kier alpha value is -2.59. The summed E-state index contributed by atoms with van der Waals surface area (Å²) in [6.07, 6.45) is 3.01. The second-order valence-corrected chi connectivity index (χ2v) is 7.08. The van der Waals surface area contributed by atoms with E-state index in [0.29, 0.717) is 25.7 Å². The summed E-state index contributed by atoms with van der Waals surface area (Å²) in [6.45, 7) is 2.70. The topological polar surface area (TPSA) is 34.5 Å². The van der Waals surface area contributed by atoms with Crippen molar-refractivity contribution in [3.05, 3.63) is 71.9 Å². The summed E-state index contributed by atoms with van der Waals surface area (Å²) in [5.74, 6) is 0.408. The summed E-state index contributed by atoms with van der Waals surface area (Å²) in [5.41, 5.74) is 3.29. The van der Waals surface area contributed by atoms with Crippen LogP contribution in [0.1, 0.15) is 15.9 Å². The number of rotatable bonds is 3. The summed E-state index contributed by atoms with van der Waals surface area (Å²) in [4.78, 5) is 14.7. The standard InChI is InChI=1S/C22H24N2O2/c1-23-10-9-20-14-17(7-8-21(20)23)13-18-15-24(11-12-26-16-18)22(25)19-5-3-2-4-6-19/h2-10,14,18H,11-13,15-16H2,1H3/t18-/m1/s1. The van der Waals surface area contributed by atoms with Crippen LogP contribution in [0.15, 0.2) is 60.8 Å². The number of aromatic nitrogens is 1. The molecule has 1 aliphatic heterocycles. The maximum Gasteiger partial charge on any atom is 0.253 e. The fourth-order valence-corrected chi connectivity index (χ4v) is 3.74. The Morgan fingerprint density at radius 2 is 2.00 bits per heavy atom. The van der Waals surface area contributed by atoms with Gasteiger partial charge in [0.1, 0.15) is 0 Å². The maximum atomic E-state index is 12.8. The molecule has 2 heterocycles. The molecule has 0 bridgehead atoms. The predicted molar refractivity (Wildman–Crippen MR) is 103 cm³/mol. The van der Waals surface area contributed by atoms with Gasteiger partial charge in [-0.05, 0) is 47.7 Å². The Labute approximate surface area is 154 Å². The molecule has 0 aliphatic carbocycles. The van der Waals surface area contributed by atoms with Crippen molar-refractivity contribution < 1.29 is 9.53 Å². The lowest BCUT2D eigenvalue weighted by Gasteiger charge is -2.24. The third-order valence-electron chi connectivity index (χ3n) is 5.12. The number of amides is 1. The fraction of sp³-hybridized carbons (Fsp3) is 0.318. The molecule has 1 fully saturated rings. The average Bonchev–Trinajstić information content (AvgIpc) is 2.89. The van der Waals surface area contributed by atoms with Gasteiger partial charge in [0.05, 0.1) is 13.2 Å². The fourth-order valence-electron chi connectivity index (χ4n) is 3.74. The third-order valence-corrected chi connectivity index (χ3v) is 5.12. The van der Waals surface area contributed by atoms with Gasteiger partial charge in [0.15, 0.2) is 0 Å². The molecular formula is C22H24N2O2. The van der Waals surface area contributed by atoms with Gasteiger partial charge < -0.3 is 14.2 Å². The van der Waals surface area contributed by atoms with Crippen molar-refractivity contribution in [2.24, 2.45) is 13.0 Å².